The molecule has 0 bridgehead atoms. The summed E-state index contributed by atoms with van der Waals surface area (Å²) in [6.45, 7) is 8.87. The number of carbonyl (C=O) groups is 2. The summed E-state index contributed by atoms with van der Waals surface area (Å²) in [7, 11) is 2.42. The lowest BCUT2D eigenvalue weighted by Gasteiger charge is -1.94. The van der Waals surface area contributed by atoms with Crippen molar-refractivity contribution < 1.29 is 9.59 Å². The fraction of sp³-hybridized carbons (Fsp3) is 0.375. The predicted octanol–water partition coefficient (Wildman–Crippen LogP) is 2.86. The molecule has 7 heteroatoms. The van der Waals surface area contributed by atoms with Crippen molar-refractivity contribution in [1.29, 1.82) is 0 Å². The van der Waals surface area contributed by atoms with Crippen LogP contribution in [0.3, 0.4) is 0 Å². The molecule has 1 atom stereocenters. The zero-order valence-corrected chi connectivity index (χ0v) is 15.4. The lowest BCUT2D eigenvalue weighted by molar-refractivity contribution is 0.0980. The van der Waals surface area contributed by atoms with Gasteiger partial charge in [0.15, 0.2) is 11.6 Å². The van der Waals surface area contributed by atoms with Crippen LogP contribution in [0.5, 0.6) is 0 Å². The number of aryl methyl sites for hydroxylation is 2. The third-order valence-electron chi connectivity index (χ3n) is 2.56. The van der Waals surface area contributed by atoms with Crippen molar-refractivity contribution in [3.8, 4) is 0 Å². The van der Waals surface area contributed by atoms with E-state index in [1.165, 1.54) is 6.92 Å². The summed E-state index contributed by atoms with van der Waals surface area (Å²) >= 11 is 0. The molecule has 0 N–H and O–H groups in total. The van der Waals surface area contributed by atoms with Crippen LogP contribution in [0.2, 0.25) is 0 Å². The van der Waals surface area contributed by atoms with Crippen LogP contribution in [0, 0.1) is 13.8 Å². The van der Waals surface area contributed by atoms with E-state index < -0.39 is 0 Å². The molecule has 6 nitrogen and oxygen atoms in total. The van der Waals surface area contributed by atoms with Crippen molar-refractivity contribution in [2.45, 2.75) is 34.1 Å². The molecule has 124 valence electrons. The van der Waals surface area contributed by atoms with E-state index in [4.69, 9.17) is 0 Å². The molecule has 0 fully saturated rings. The number of carbonyl (C=O) groups excluding carboxylic acids is 2. The van der Waals surface area contributed by atoms with Crippen LogP contribution in [-0.4, -0.2) is 38.6 Å². The van der Waals surface area contributed by atoms with Gasteiger partial charge in [0.05, 0.1) is 11.4 Å². The molecule has 23 heavy (non-hydrogen) atoms. The van der Waals surface area contributed by atoms with Gasteiger partial charge in [0.25, 0.3) is 0 Å². The molecule has 2 aromatic rings. The highest BCUT2D eigenvalue weighted by Crippen LogP contribution is 1.98. The Kier molecular flexibility index (Phi) is 10.5. The van der Waals surface area contributed by atoms with Crippen LogP contribution < -0.4 is 0 Å². The van der Waals surface area contributed by atoms with Crippen molar-refractivity contribution in [3.63, 3.8) is 0 Å². The highest BCUT2D eigenvalue weighted by atomic mass is 31.0. The largest absolute Gasteiger partial charge is 0.293 e. The molecule has 0 aliphatic carbocycles. The Balaban J connectivity index is 0.000000381. The Morgan fingerprint density at radius 2 is 1.30 bits per heavy atom. The van der Waals surface area contributed by atoms with Crippen molar-refractivity contribution >= 4 is 20.8 Å². The molecule has 0 aliphatic heterocycles. The zero-order chi connectivity index (χ0) is 17.8. The molecule has 0 amide bonds. The lowest BCUT2D eigenvalue weighted by atomic mass is 10.2. The molecule has 0 radical (unpaired) electrons. The van der Waals surface area contributed by atoms with Gasteiger partial charge in [-0.25, -0.2) is 0 Å². The fourth-order valence-electron chi connectivity index (χ4n) is 1.32. The highest BCUT2D eigenvalue weighted by Gasteiger charge is 2.03. The van der Waals surface area contributed by atoms with Gasteiger partial charge < -0.3 is 0 Å². The Morgan fingerprint density at radius 1 is 0.870 bits per heavy atom. The van der Waals surface area contributed by atoms with Gasteiger partial charge in [-0.1, -0.05) is 13.6 Å². The smallest absolute Gasteiger partial charge is 0.182 e. The number of Topliss-reactive ketones (excluding diaryl/α,β-unsaturated/α-hetero) is 2. The number of aromatic nitrogens is 4. The molecule has 2 rings (SSSR count). The molecule has 0 spiro atoms. The maximum atomic E-state index is 11.0. The number of ketones is 2. The Morgan fingerprint density at radius 3 is 1.61 bits per heavy atom. The summed E-state index contributed by atoms with van der Waals surface area (Å²) in [6.07, 6.45) is 0.484. The average molecular weight is 334 g/mol. The summed E-state index contributed by atoms with van der Waals surface area (Å²) in [5.74, 6) is -0.00926. The minimum Gasteiger partial charge on any atom is -0.293 e. The van der Waals surface area contributed by atoms with Crippen molar-refractivity contribution in [3.05, 3.63) is 47.0 Å². The normalized spacial score (nSPS) is 8.96. The van der Waals surface area contributed by atoms with E-state index in [1.54, 1.807) is 24.3 Å². The van der Waals surface area contributed by atoms with E-state index in [0.717, 1.165) is 11.4 Å². The van der Waals surface area contributed by atoms with Crippen molar-refractivity contribution in [1.82, 2.24) is 20.4 Å². The Labute approximate surface area is 139 Å². The minimum atomic E-state index is -0.0486. The van der Waals surface area contributed by atoms with Crippen LogP contribution in [0.1, 0.15) is 52.6 Å². The van der Waals surface area contributed by atoms with Gasteiger partial charge in [0.2, 0.25) is 0 Å². The van der Waals surface area contributed by atoms with Crippen molar-refractivity contribution in [2.24, 2.45) is 0 Å². The molecule has 0 saturated heterocycles. The fourth-order valence-corrected chi connectivity index (χ4v) is 1.32. The predicted molar refractivity (Wildman–Crippen MR) is 93.8 cm³/mol. The summed E-state index contributed by atoms with van der Waals surface area (Å²) in [5, 5.41) is 14.9. The molecule has 2 aromatic heterocycles. The molecule has 2 heterocycles. The van der Waals surface area contributed by atoms with Crippen LogP contribution in [0.4, 0.5) is 0 Å². The number of rotatable bonds is 3. The first-order valence-electron chi connectivity index (χ1n) is 7.16. The van der Waals surface area contributed by atoms with E-state index in [1.807, 2.05) is 27.4 Å². The first-order valence-corrected chi connectivity index (χ1v) is 8.32. The molecule has 0 saturated carbocycles. The first-order chi connectivity index (χ1) is 10.9. The summed E-state index contributed by atoms with van der Waals surface area (Å²) in [4.78, 5) is 21.7. The van der Waals surface area contributed by atoms with Gasteiger partial charge in [-0.15, -0.1) is 19.4 Å². The Hall–Kier alpha value is -2.07. The van der Waals surface area contributed by atoms with Gasteiger partial charge in [0.1, 0.15) is 11.4 Å². The second-order valence-corrected chi connectivity index (χ2v) is 4.45. The quantitative estimate of drug-likeness (QED) is 0.634. The lowest BCUT2D eigenvalue weighted by Crippen LogP contribution is -2.01. The molecule has 0 aliphatic rings. The van der Waals surface area contributed by atoms with E-state index in [2.05, 4.69) is 29.6 Å². The minimum absolute atomic E-state index is 0.0394. The Bertz CT molecular complexity index is 613. The number of nitrogens with zero attached hydrogens (tertiary/aromatic N) is 4. The second-order valence-electron chi connectivity index (χ2n) is 4.45. The molecule has 1 unspecified atom stereocenters. The zero-order valence-electron chi connectivity index (χ0n) is 14.2. The van der Waals surface area contributed by atoms with Crippen LogP contribution in [-0.2, 0) is 0 Å². The van der Waals surface area contributed by atoms with E-state index in [9.17, 15) is 9.59 Å². The van der Waals surface area contributed by atoms with Crippen LogP contribution in [0.25, 0.3) is 0 Å². The molecular weight excluding hydrogens is 311 g/mol. The first kappa shape index (κ1) is 20.9. The third-order valence-corrected chi connectivity index (χ3v) is 2.56. The third kappa shape index (κ3) is 8.21. The van der Waals surface area contributed by atoms with Gasteiger partial charge in [-0.2, -0.15) is 10.2 Å². The average Bonchev–Trinajstić information content (AvgIpc) is 2.57. The summed E-state index contributed by atoms with van der Waals surface area (Å²) in [6, 6.07) is 6.93. The summed E-state index contributed by atoms with van der Waals surface area (Å²) in [5.41, 5.74) is 2.53. The SMILES string of the molecule is CC(=O)c1ccc(C)nn1.CCC(=O)c1ccc(C)nn1.CP. The topological polar surface area (TPSA) is 85.7 Å². The second kappa shape index (κ2) is 11.5. The van der Waals surface area contributed by atoms with E-state index in [0.29, 0.717) is 17.8 Å². The monoisotopic (exact) mass is 334 g/mol. The van der Waals surface area contributed by atoms with E-state index in [-0.39, 0.29) is 11.6 Å². The van der Waals surface area contributed by atoms with Gasteiger partial charge >= 0.3 is 0 Å². The maximum Gasteiger partial charge on any atom is 0.182 e. The van der Waals surface area contributed by atoms with Crippen molar-refractivity contribution in [2.75, 3.05) is 6.66 Å². The van der Waals surface area contributed by atoms with Gasteiger partial charge in [0, 0.05) is 13.3 Å². The van der Waals surface area contributed by atoms with Gasteiger partial charge in [-0.05, 0) is 38.1 Å². The standard InChI is InChI=1S/C8H10N2O.C7H8N2O.CH5P/c1-3-8(11)7-5-4-6(2)9-10-7;1-5-3-4-7(6(2)10)9-8-5;1-2/h4-5H,3H2,1-2H3;3-4H,1-2H3;2H2,1H3. The number of hydrogen-bond acceptors (Lipinski definition) is 6. The van der Waals surface area contributed by atoms with E-state index >= 15 is 0 Å². The number of hydrogen-bond donors (Lipinski definition) is 0. The molecular formula is C16H23N4O2P. The highest BCUT2D eigenvalue weighted by molar-refractivity contribution is 7.15. The maximum absolute atomic E-state index is 11.0. The summed E-state index contributed by atoms with van der Waals surface area (Å²) < 4.78 is 0. The molecule has 0 aromatic carbocycles. The van der Waals surface area contributed by atoms with Crippen LogP contribution in [0.15, 0.2) is 24.3 Å². The van der Waals surface area contributed by atoms with Crippen LogP contribution >= 0.6 is 9.24 Å². The van der Waals surface area contributed by atoms with Gasteiger partial charge in [-0.3, -0.25) is 9.59 Å².